The summed E-state index contributed by atoms with van der Waals surface area (Å²) >= 11 is 0. The smallest absolute Gasteiger partial charge is 0.274 e. The Hall–Kier alpha value is -1.65. The van der Waals surface area contributed by atoms with E-state index in [1.165, 1.54) is 11.9 Å². The van der Waals surface area contributed by atoms with Crippen molar-refractivity contribution in [3.8, 4) is 0 Å². The zero-order valence-corrected chi connectivity index (χ0v) is 6.92. The predicted molar refractivity (Wildman–Crippen MR) is 43.2 cm³/mol. The number of hydrogen-bond donors (Lipinski definition) is 1. The van der Waals surface area contributed by atoms with Crippen molar-refractivity contribution in [3.63, 3.8) is 0 Å². The molecule has 0 aromatic heterocycles. The minimum Gasteiger partial charge on any atom is -0.301 e. The molecule has 1 aliphatic heterocycles. The Morgan fingerprint density at radius 2 is 2.25 bits per heavy atom. The minimum atomic E-state index is -0.391. The number of amidine groups is 1. The molecule has 1 heterocycles. The van der Waals surface area contributed by atoms with Gasteiger partial charge in [-0.05, 0) is 0 Å². The van der Waals surface area contributed by atoms with Crippen LogP contribution < -0.4 is 5.32 Å². The maximum absolute atomic E-state index is 11.0. The standard InChI is InChI=1S/C7H9N3O2/c1-4-7(12)8-6(5(2)11)9-10(4)3/h1H2,2-3H3,(H,8,9,12). The van der Waals surface area contributed by atoms with Crippen LogP contribution in [0.3, 0.4) is 0 Å². The van der Waals surface area contributed by atoms with E-state index >= 15 is 0 Å². The second-order valence-corrected chi connectivity index (χ2v) is 2.43. The van der Waals surface area contributed by atoms with Crippen LogP contribution in [-0.4, -0.2) is 29.6 Å². The van der Waals surface area contributed by atoms with Crippen molar-refractivity contribution in [1.82, 2.24) is 10.3 Å². The highest BCUT2D eigenvalue weighted by atomic mass is 16.2. The lowest BCUT2D eigenvalue weighted by atomic mass is 10.3. The number of hydrazone groups is 1. The third-order valence-electron chi connectivity index (χ3n) is 1.47. The normalized spacial score (nSPS) is 17.2. The number of nitrogens with zero attached hydrogens (tertiary/aromatic N) is 2. The van der Waals surface area contributed by atoms with Crippen molar-refractivity contribution in [2.24, 2.45) is 5.10 Å². The zero-order chi connectivity index (χ0) is 9.30. The first-order chi connectivity index (χ1) is 5.52. The average molecular weight is 167 g/mol. The lowest BCUT2D eigenvalue weighted by Crippen LogP contribution is -2.44. The SMILES string of the molecule is C=C1C(=O)NC(C(C)=O)=NN1C. The van der Waals surface area contributed by atoms with Crippen molar-refractivity contribution in [3.05, 3.63) is 12.3 Å². The van der Waals surface area contributed by atoms with Gasteiger partial charge in [0, 0.05) is 14.0 Å². The molecule has 0 bridgehead atoms. The van der Waals surface area contributed by atoms with E-state index in [4.69, 9.17) is 0 Å². The topological polar surface area (TPSA) is 61.8 Å². The molecule has 0 saturated carbocycles. The first kappa shape index (κ1) is 8.45. The quantitative estimate of drug-likeness (QED) is 0.534. The van der Waals surface area contributed by atoms with E-state index in [1.807, 2.05) is 0 Å². The van der Waals surface area contributed by atoms with Crippen molar-refractivity contribution >= 4 is 17.5 Å². The number of likely N-dealkylation sites (N-methyl/N-ethyl adjacent to an activating group) is 1. The van der Waals surface area contributed by atoms with Crippen molar-refractivity contribution in [2.75, 3.05) is 7.05 Å². The number of carbonyl (C=O) groups excluding carboxylic acids is 2. The van der Waals surface area contributed by atoms with E-state index in [0.717, 1.165) is 0 Å². The molecule has 1 aliphatic rings. The fourth-order valence-corrected chi connectivity index (χ4v) is 0.720. The zero-order valence-electron chi connectivity index (χ0n) is 6.92. The molecule has 0 aromatic carbocycles. The van der Waals surface area contributed by atoms with Crippen LogP contribution >= 0.6 is 0 Å². The maximum atomic E-state index is 11.0. The molecule has 64 valence electrons. The van der Waals surface area contributed by atoms with Crippen LogP contribution in [-0.2, 0) is 9.59 Å². The van der Waals surface area contributed by atoms with Gasteiger partial charge in [0.05, 0.1) is 0 Å². The lowest BCUT2D eigenvalue weighted by Gasteiger charge is -2.21. The molecule has 0 spiro atoms. The molecule has 1 N–H and O–H groups in total. The number of hydrogen-bond acceptors (Lipinski definition) is 4. The minimum absolute atomic E-state index is 0.0508. The largest absolute Gasteiger partial charge is 0.301 e. The van der Waals surface area contributed by atoms with E-state index in [0.29, 0.717) is 0 Å². The number of ketones is 1. The van der Waals surface area contributed by atoms with Crippen molar-refractivity contribution in [2.45, 2.75) is 6.92 Å². The number of rotatable bonds is 1. The van der Waals surface area contributed by atoms with Crippen LogP contribution in [0.4, 0.5) is 0 Å². The average Bonchev–Trinajstić information content (AvgIpc) is 1.99. The highest BCUT2D eigenvalue weighted by Gasteiger charge is 2.21. The molecule has 12 heavy (non-hydrogen) atoms. The summed E-state index contributed by atoms with van der Waals surface area (Å²) in [5, 5.41) is 7.37. The summed E-state index contributed by atoms with van der Waals surface area (Å²) in [5.74, 6) is -0.615. The predicted octanol–water partition coefficient (Wildman–Crippen LogP) is -0.536. The van der Waals surface area contributed by atoms with Crippen LogP contribution in [0.5, 0.6) is 0 Å². The van der Waals surface area contributed by atoms with E-state index in [2.05, 4.69) is 17.0 Å². The van der Waals surface area contributed by atoms with Crippen LogP contribution in [0.1, 0.15) is 6.92 Å². The Labute approximate surface area is 69.7 Å². The van der Waals surface area contributed by atoms with Gasteiger partial charge in [-0.2, -0.15) is 5.10 Å². The first-order valence-electron chi connectivity index (χ1n) is 3.36. The van der Waals surface area contributed by atoms with Crippen molar-refractivity contribution in [1.29, 1.82) is 0 Å². The van der Waals surface area contributed by atoms with E-state index in [9.17, 15) is 9.59 Å². The van der Waals surface area contributed by atoms with Crippen LogP contribution in [0, 0.1) is 0 Å². The molecular weight excluding hydrogens is 158 g/mol. The van der Waals surface area contributed by atoms with Gasteiger partial charge in [-0.3, -0.25) is 14.6 Å². The second-order valence-electron chi connectivity index (χ2n) is 2.43. The Bertz CT molecular complexity index is 293. The summed E-state index contributed by atoms with van der Waals surface area (Å²) < 4.78 is 0. The van der Waals surface area contributed by atoms with Gasteiger partial charge in [-0.1, -0.05) is 6.58 Å². The Morgan fingerprint density at radius 3 is 2.67 bits per heavy atom. The molecule has 0 aliphatic carbocycles. The van der Waals surface area contributed by atoms with Crippen molar-refractivity contribution < 1.29 is 9.59 Å². The van der Waals surface area contributed by atoms with Gasteiger partial charge in [0.15, 0.2) is 11.6 Å². The second kappa shape index (κ2) is 2.77. The molecule has 1 rings (SSSR count). The van der Waals surface area contributed by atoms with Gasteiger partial charge < -0.3 is 5.32 Å². The fourth-order valence-electron chi connectivity index (χ4n) is 0.720. The monoisotopic (exact) mass is 167 g/mol. The third kappa shape index (κ3) is 1.34. The molecule has 0 aromatic rings. The summed E-state index contributed by atoms with van der Waals surface area (Å²) in [5.41, 5.74) is 0.222. The summed E-state index contributed by atoms with van der Waals surface area (Å²) in [6.07, 6.45) is 0. The Morgan fingerprint density at radius 1 is 1.67 bits per heavy atom. The summed E-state index contributed by atoms with van der Waals surface area (Å²) in [4.78, 5) is 21.8. The summed E-state index contributed by atoms with van der Waals surface area (Å²) in [7, 11) is 1.56. The lowest BCUT2D eigenvalue weighted by molar-refractivity contribution is -0.119. The van der Waals surface area contributed by atoms with Gasteiger partial charge in [0.1, 0.15) is 5.70 Å². The molecule has 0 saturated heterocycles. The fraction of sp³-hybridized carbons (Fsp3) is 0.286. The molecule has 0 radical (unpaired) electrons. The van der Waals surface area contributed by atoms with Gasteiger partial charge in [0.25, 0.3) is 5.91 Å². The van der Waals surface area contributed by atoms with Crippen LogP contribution in [0.25, 0.3) is 0 Å². The number of nitrogens with one attached hydrogen (secondary N) is 1. The van der Waals surface area contributed by atoms with Gasteiger partial charge >= 0.3 is 0 Å². The molecule has 1 amide bonds. The van der Waals surface area contributed by atoms with E-state index in [-0.39, 0.29) is 17.3 Å². The Kier molecular flexibility index (Phi) is 1.95. The number of Topliss-reactive ketones (excluding diaryl/α,β-unsaturated/α-hetero) is 1. The van der Waals surface area contributed by atoms with Gasteiger partial charge in [-0.25, -0.2) is 0 Å². The summed E-state index contributed by atoms with van der Waals surface area (Å²) in [6, 6.07) is 0. The highest BCUT2D eigenvalue weighted by Crippen LogP contribution is 2.04. The van der Waals surface area contributed by atoms with Crippen LogP contribution in [0.2, 0.25) is 0 Å². The molecule has 5 heteroatoms. The summed E-state index contributed by atoms with van der Waals surface area (Å²) in [6.45, 7) is 4.80. The third-order valence-corrected chi connectivity index (χ3v) is 1.47. The molecule has 0 fully saturated rings. The molecule has 0 atom stereocenters. The van der Waals surface area contributed by atoms with E-state index in [1.54, 1.807) is 7.05 Å². The van der Waals surface area contributed by atoms with E-state index < -0.39 is 5.91 Å². The Balaban J connectivity index is 2.96. The van der Waals surface area contributed by atoms with Gasteiger partial charge in [0.2, 0.25) is 0 Å². The highest BCUT2D eigenvalue weighted by molar-refractivity contribution is 6.41. The molecular formula is C7H9N3O2. The molecule has 5 nitrogen and oxygen atoms in total. The first-order valence-corrected chi connectivity index (χ1v) is 3.36. The number of carbonyl (C=O) groups is 2. The molecule has 0 unspecified atom stereocenters. The van der Waals surface area contributed by atoms with Crippen LogP contribution in [0.15, 0.2) is 17.4 Å². The number of amides is 1. The van der Waals surface area contributed by atoms with Gasteiger partial charge in [-0.15, -0.1) is 0 Å². The maximum Gasteiger partial charge on any atom is 0.274 e.